The summed E-state index contributed by atoms with van der Waals surface area (Å²) in [7, 11) is 4.08. The highest BCUT2D eigenvalue weighted by Gasteiger charge is 2.24. The van der Waals surface area contributed by atoms with Gasteiger partial charge in [0, 0.05) is 32.0 Å². The summed E-state index contributed by atoms with van der Waals surface area (Å²) in [6, 6.07) is 14.1. The largest absolute Gasteiger partial charge is 0.489 e. The third kappa shape index (κ3) is 7.11. The van der Waals surface area contributed by atoms with Crippen molar-refractivity contribution in [1.82, 2.24) is 15.1 Å². The Labute approximate surface area is 209 Å². The molecule has 34 heavy (non-hydrogen) atoms. The molecule has 0 saturated heterocycles. The number of fused-ring (bicyclic) bond motifs is 1. The molecule has 2 aromatic rings. The van der Waals surface area contributed by atoms with Gasteiger partial charge in [0.1, 0.15) is 0 Å². The van der Waals surface area contributed by atoms with Gasteiger partial charge in [-0.25, -0.2) is 0 Å². The van der Waals surface area contributed by atoms with E-state index in [9.17, 15) is 4.79 Å². The lowest BCUT2D eigenvalue weighted by atomic mass is 10.1. The Morgan fingerprint density at radius 1 is 1.09 bits per heavy atom. The van der Waals surface area contributed by atoms with Crippen LogP contribution in [-0.4, -0.2) is 56.1 Å². The predicted octanol–water partition coefficient (Wildman–Crippen LogP) is 4.97. The monoisotopic (exact) mass is 487 g/mol. The van der Waals surface area contributed by atoms with Gasteiger partial charge >= 0.3 is 0 Å². The number of benzene rings is 2. The van der Waals surface area contributed by atoms with Crippen LogP contribution in [0.1, 0.15) is 44.5 Å². The van der Waals surface area contributed by atoms with Crippen LogP contribution in [0.5, 0.6) is 11.5 Å². The topological polar surface area (TPSA) is 54.0 Å². The molecule has 7 heteroatoms. The standard InChI is InChI=1S/C27H38ClN3O3/c1-19(2)17-31(18-21-14-23(28)25-24(15-21)33-12-9-13-34-25)27(32)20(3)16-29-26(30(4)5)22-10-7-6-8-11-22/h6-8,10-11,14-15,19-20,26,29H,9,12-13,16-18H2,1-5H3. The average Bonchev–Trinajstić information content (AvgIpc) is 3.04. The van der Waals surface area contributed by atoms with Gasteiger partial charge in [-0.1, -0.05) is 62.7 Å². The number of amides is 1. The molecule has 0 spiro atoms. The zero-order chi connectivity index (χ0) is 24.7. The van der Waals surface area contributed by atoms with E-state index < -0.39 is 0 Å². The van der Waals surface area contributed by atoms with Crippen LogP contribution in [0.25, 0.3) is 0 Å². The van der Waals surface area contributed by atoms with Crippen molar-refractivity contribution >= 4 is 17.5 Å². The van der Waals surface area contributed by atoms with Gasteiger partial charge in [-0.15, -0.1) is 0 Å². The number of hydrogen-bond donors (Lipinski definition) is 1. The highest BCUT2D eigenvalue weighted by molar-refractivity contribution is 6.32. The molecule has 0 fully saturated rings. The zero-order valence-electron chi connectivity index (χ0n) is 21.0. The Kier molecular flexibility index (Phi) is 9.63. The molecule has 2 atom stereocenters. The molecule has 2 unspecified atom stereocenters. The van der Waals surface area contributed by atoms with Crippen LogP contribution < -0.4 is 14.8 Å². The van der Waals surface area contributed by atoms with Crippen LogP contribution in [0, 0.1) is 11.8 Å². The average molecular weight is 488 g/mol. The van der Waals surface area contributed by atoms with E-state index in [4.69, 9.17) is 21.1 Å². The second kappa shape index (κ2) is 12.4. The lowest BCUT2D eigenvalue weighted by Gasteiger charge is -2.30. The minimum Gasteiger partial charge on any atom is -0.489 e. The first kappa shape index (κ1) is 26.3. The van der Waals surface area contributed by atoms with E-state index in [0.29, 0.717) is 55.3 Å². The smallest absolute Gasteiger partial charge is 0.226 e. The van der Waals surface area contributed by atoms with Crippen molar-refractivity contribution in [2.75, 3.05) is 40.4 Å². The first-order valence-corrected chi connectivity index (χ1v) is 12.5. The number of hydrogen-bond acceptors (Lipinski definition) is 5. The third-order valence-corrected chi connectivity index (χ3v) is 6.08. The van der Waals surface area contributed by atoms with Gasteiger partial charge in [0.2, 0.25) is 5.91 Å². The number of nitrogens with zero attached hydrogens (tertiary/aromatic N) is 2. The number of carbonyl (C=O) groups excluding carboxylic acids is 1. The Morgan fingerprint density at radius 2 is 1.79 bits per heavy atom. The molecular weight excluding hydrogens is 450 g/mol. The van der Waals surface area contributed by atoms with Crippen LogP contribution in [0.2, 0.25) is 5.02 Å². The predicted molar refractivity (Wildman–Crippen MR) is 137 cm³/mol. The maximum atomic E-state index is 13.5. The summed E-state index contributed by atoms with van der Waals surface area (Å²) in [6.45, 7) is 9.15. The summed E-state index contributed by atoms with van der Waals surface area (Å²) < 4.78 is 11.6. The normalized spacial score (nSPS) is 15.2. The zero-order valence-corrected chi connectivity index (χ0v) is 21.8. The van der Waals surface area contributed by atoms with E-state index >= 15 is 0 Å². The Hall–Kier alpha value is -2.28. The van der Waals surface area contributed by atoms with Crippen molar-refractivity contribution in [3.05, 3.63) is 58.6 Å². The number of carbonyl (C=O) groups is 1. The maximum absolute atomic E-state index is 13.5. The molecule has 0 aliphatic carbocycles. The second-order valence-corrected chi connectivity index (χ2v) is 10.1. The molecule has 1 aliphatic heterocycles. The molecule has 1 heterocycles. The third-order valence-electron chi connectivity index (χ3n) is 5.80. The quantitative estimate of drug-likeness (QED) is 0.479. The highest BCUT2D eigenvalue weighted by Crippen LogP contribution is 2.38. The minimum atomic E-state index is -0.180. The van der Waals surface area contributed by atoms with Gasteiger partial charge < -0.3 is 14.4 Å². The van der Waals surface area contributed by atoms with Crippen LogP contribution in [-0.2, 0) is 11.3 Å². The molecule has 3 rings (SSSR count). The molecule has 1 amide bonds. The van der Waals surface area contributed by atoms with Gasteiger partial charge in [0.05, 0.1) is 24.4 Å². The SMILES string of the molecule is CC(C)CN(Cc1cc(Cl)c2c(c1)OCCCO2)C(=O)C(C)CNC(c1ccccc1)N(C)C. The summed E-state index contributed by atoms with van der Waals surface area (Å²) >= 11 is 6.50. The fourth-order valence-corrected chi connectivity index (χ4v) is 4.48. The van der Waals surface area contributed by atoms with Gasteiger partial charge in [0.25, 0.3) is 0 Å². The number of ether oxygens (including phenoxy) is 2. The fraction of sp³-hybridized carbons (Fsp3) is 0.519. The van der Waals surface area contributed by atoms with E-state index in [0.717, 1.165) is 12.0 Å². The van der Waals surface area contributed by atoms with Gasteiger partial charge in [-0.05, 0) is 43.3 Å². The van der Waals surface area contributed by atoms with Crippen molar-refractivity contribution < 1.29 is 14.3 Å². The van der Waals surface area contributed by atoms with Crippen molar-refractivity contribution in [2.24, 2.45) is 11.8 Å². The summed E-state index contributed by atoms with van der Waals surface area (Å²) in [4.78, 5) is 17.6. The van der Waals surface area contributed by atoms with E-state index in [1.165, 1.54) is 5.56 Å². The van der Waals surface area contributed by atoms with E-state index in [-0.39, 0.29) is 18.0 Å². The van der Waals surface area contributed by atoms with Crippen LogP contribution >= 0.6 is 11.6 Å². The van der Waals surface area contributed by atoms with E-state index in [2.05, 4.69) is 36.2 Å². The first-order valence-electron chi connectivity index (χ1n) is 12.1. The Morgan fingerprint density at radius 3 is 2.47 bits per heavy atom. The number of nitrogens with one attached hydrogen (secondary N) is 1. The molecule has 6 nitrogen and oxygen atoms in total. The molecule has 1 N–H and O–H groups in total. The molecule has 1 aliphatic rings. The minimum absolute atomic E-state index is 0.0375. The Bertz CT molecular complexity index is 936. The molecular formula is C27H38ClN3O3. The summed E-state index contributed by atoms with van der Waals surface area (Å²) in [5.41, 5.74) is 2.12. The first-order chi connectivity index (χ1) is 16.3. The van der Waals surface area contributed by atoms with Crippen molar-refractivity contribution in [1.29, 1.82) is 0 Å². The van der Waals surface area contributed by atoms with Crippen LogP contribution in [0.3, 0.4) is 0 Å². The van der Waals surface area contributed by atoms with Crippen molar-refractivity contribution in [3.63, 3.8) is 0 Å². The fourth-order valence-electron chi connectivity index (χ4n) is 4.19. The molecule has 186 valence electrons. The summed E-state index contributed by atoms with van der Waals surface area (Å²) in [5, 5.41) is 4.09. The molecule has 0 radical (unpaired) electrons. The maximum Gasteiger partial charge on any atom is 0.226 e. The second-order valence-electron chi connectivity index (χ2n) is 9.65. The van der Waals surface area contributed by atoms with Gasteiger partial charge in [0.15, 0.2) is 11.5 Å². The van der Waals surface area contributed by atoms with E-state index in [1.807, 2.05) is 56.3 Å². The van der Waals surface area contributed by atoms with E-state index in [1.54, 1.807) is 0 Å². The molecule has 0 aromatic heterocycles. The summed E-state index contributed by atoms with van der Waals surface area (Å²) in [6.07, 6.45) is 0.857. The number of halogens is 1. The van der Waals surface area contributed by atoms with Crippen molar-refractivity contribution in [2.45, 2.75) is 39.9 Å². The molecule has 0 bridgehead atoms. The van der Waals surface area contributed by atoms with Crippen LogP contribution in [0.4, 0.5) is 0 Å². The van der Waals surface area contributed by atoms with Gasteiger partial charge in [-0.3, -0.25) is 15.0 Å². The van der Waals surface area contributed by atoms with Crippen LogP contribution in [0.15, 0.2) is 42.5 Å². The molecule has 0 saturated carbocycles. The van der Waals surface area contributed by atoms with Crippen molar-refractivity contribution in [3.8, 4) is 11.5 Å². The Balaban J connectivity index is 1.71. The van der Waals surface area contributed by atoms with Gasteiger partial charge in [-0.2, -0.15) is 0 Å². The highest BCUT2D eigenvalue weighted by atomic mass is 35.5. The summed E-state index contributed by atoms with van der Waals surface area (Å²) in [5.74, 6) is 1.54. The molecule has 2 aromatic carbocycles. The number of rotatable bonds is 10. The lowest BCUT2D eigenvalue weighted by molar-refractivity contribution is -0.136. The lowest BCUT2D eigenvalue weighted by Crippen LogP contribution is -2.43.